The molecule has 31 heavy (non-hydrogen) atoms. The first kappa shape index (κ1) is 21.2. The minimum Gasteiger partial charge on any atom is -0.360 e. The lowest BCUT2D eigenvalue weighted by Crippen LogP contribution is -2.45. The molecule has 1 fully saturated rings. The minimum atomic E-state index is -0.842. The van der Waals surface area contributed by atoms with Crippen molar-refractivity contribution in [2.45, 2.75) is 31.8 Å². The molecule has 1 saturated heterocycles. The number of nitro groups is 1. The number of nitro benzene ring substituents is 1. The number of non-ortho nitro benzene ring substituents is 1. The van der Waals surface area contributed by atoms with Crippen molar-refractivity contribution in [2.75, 3.05) is 20.1 Å². The van der Waals surface area contributed by atoms with Crippen molar-refractivity contribution in [1.29, 1.82) is 0 Å². The maximum Gasteiger partial charge on any atom is 0.270 e. The van der Waals surface area contributed by atoms with Gasteiger partial charge in [-0.3, -0.25) is 24.5 Å². The van der Waals surface area contributed by atoms with Gasteiger partial charge in [-0.25, -0.2) is 4.98 Å². The number of aliphatic hydroxyl groups excluding tert-OH is 1. The normalized spacial score (nSPS) is 16.5. The SMILES string of the molecule is CN(C1CCN(Cc2ccccc2)CC1)C(O)n1cnc(-c2cccc([N+](=O)[O-])c2)c1. The average molecular weight is 422 g/mol. The highest BCUT2D eigenvalue weighted by atomic mass is 16.6. The van der Waals surface area contributed by atoms with E-state index in [1.165, 1.54) is 17.7 Å². The van der Waals surface area contributed by atoms with Crippen LogP contribution in [-0.4, -0.2) is 55.6 Å². The number of likely N-dealkylation sites (tertiary alicyclic amines) is 1. The molecule has 4 rings (SSSR count). The van der Waals surface area contributed by atoms with Gasteiger partial charge >= 0.3 is 0 Å². The monoisotopic (exact) mass is 421 g/mol. The number of piperidine rings is 1. The first-order valence-electron chi connectivity index (χ1n) is 10.5. The number of nitrogens with zero attached hydrogens (tertiary/aromatic N) is 5. The molecule has 0 aliphatic carbocycles. The molecule has 3 aromatic rings. The molecule has 162 valence electrons. The van der Waals surface area contributed by atoms with E-state index in [-0.39, 0.29) is 11.7 Å². The highest BCUT2D eigenvalue weighted by Crippen LogP contribution is 2.25. The number of aliphatic hydroxyl groups is 1. The fourth-order valence-corrected chi connectivity index (χ4v) is 4.12. The van der Waals surface area contributed by atoms with Crippen LogP contribution in [0.25, 0.3) is 11.3 Å². The average Bonchev–Trinajstić information content (AvgIpc) is 3.30. The van der Waals surface area contributed by atoms with Crippen molar-refractivity contribution >= 4 is 5.69 Å². The number of rotatable bonds is 7. The Kier molecular flexibility index (Phi) is 6.41. The molecule has 1 aromatic heterocycles. The van der Waals surface area contributed by atoms with Gasteiger partial charge < -0.3 is 5.11 Å². The molecule has 1 aliphatic heterocycles. The van der Waals surface area contributed by atoms with Gasteiger partial charge in [0.25, 0.3) is 5.69 Å². The third-order valence-corrected chi connectivity index (χ3v) is 5.97. The van der Waals surface area contributed by atoms with E-state index in [0.717, 1.165) is 32.5 Å². The van der Waals surface area contributed by atoms with Gasteiger partial charge in [0.2, 0.25) is 0 Å². The van der Waals surface area contributed by atoms with Crippen LogP contribution in [0, 0.1) is 10.1 Å². The van der Waals surface area contributed by atoms with Gasteiger partial charge in [0.05, 0.1) is 16.9 Å². The summed E-state index contributed by atoms with van der Waals surface area (Å²) in [6.45, 7) is 2.92. The summed E-state index contributed by atoms with van der Waals surface area (Å²) in [7, 11) is 1.93. The van der Waals surface area contributed by atoms with E-state index < -0.39 is 11.3 Å². The van der Waals surface area contributed by atoms with E-state index in [1.54, 1.807) is 29.2 Å². The van der Waals surface area contributed by atoms with Crippen molar-refractivity contribution in [3.05, 3.63) is 82.8 Å². The van der Waals surface area contributed by atoms with Gasteiger partial charge in [0.15, 0.2) is 6.35 Å². The van der Waals surface area contributed by atoms with E-state index >= 15 is 0 Å². The van der Waals surface area contributed by atoms with Crippen LogP contribution in [0.15, 0.2) is 67.1 Å². The lowest BCUT2D eigenvalue weighted by Gasteiger charge is -2.38. The molecule has 1 atom stereocenters. The van der Waals surface area contributed by atoms with E-state index in [4.69, 9.17) is 0 Å². The highest BCUT2D eigenvalue weighted by Gasteiger charge is 2.27. The second-order valence-electron chi connectivity index (χ2n) is 8.02. The molecule has 0 spiro atoms. The van der Waals surface area contributed by atoms with Crippen LogP contribution in [-0.2, 0) is 6.54 Å². The Morgan fingerprint density at radius 1 is 1.19 bits per heavy atom. The number of hydrogen-bond donors (Lipinski definition) is 1. The zero-order chi connectivity index (χ0) is 21.8. The molecule has 1 N–H and O–H groups in total. The predicted molar refractivity (Wildman–Crippen MR) is 118 cm³/mol. The molecule has 2 aromatic carbocycles. The van der Waals surface area contributed by atoms with Crippen LogP contribution >= 0.6 is 0 Å². The Morgan fingerprint density at radius 2 is 1.94 bits per heavy atom. The summed E-state index contributed by atoms with van der Waals surface area (Å²) in [5.41, 5.74) is 2.58. The van der Waals surface area contributed by atoms with Gasteiger partial charge in [-0.1, -0.05) is 42.5 Å². The van der Waals surface area contributed by atoms with E-state index in [0.29, 0.717) is 11.3 Å². The molecule has 1 aliphatic rings. The van der Waals surface area contributed by atoms with E-state index in [9.17, 15) is 15.2 Å². The quantitative estimate of drug-likeness (QED) is 0.357. The molecular formula is C23H27N5O3. The number of benzene rings is 2. The lowest BCUT2D eigenvalue weighted by atomic mass is 10.0. The van der Waals surface area contributed by atoms with E-state index in [2.05, 4.69) is 34.1 Å². The van der Waals surface area contributed by atoms with Crippen molar-refractivity contribution in [1.82, 2.24) is 19.4 Å². The van der Waals surface area contributed by atoms with Crippen molar-refractivity contribution in [3.63, 3.8) is 0 Å². The third kappa shape index (κ3) is 4.99. The fraction of sp³-hybridized carbons (Fsp3) is 0.348. The molecule has 2 heterocycles. The van der Waals surface area contributed by atoms with Crippen LogP contribution in [0.5, 0.6) is 0 Å². The Bertz CT molecular complexity index is 1010. The lowest BCUT2D eigenvalue weighted by molar-refractivity contribution is -0.384. The summed E-state index contributed by atoms with van der Waals surface area (Å²) in [5, 5.41) is 21.9. The largest absolute Gasteiger partial charge is 0.360 e. The molecule has 1 unspecified atom stereocenters. The fourth-order valence-electron chi connectivity index (χ4n) is 4.12. The maximum absolute atomic E-state index is 11.0. The Labute approximate surface area is 181 Å². The predicted octanol–water partition coefficient (Wildman–Crippen LogP) is 3.50. The molecule has 0 bridgehead atoms. The van der Waals surface area contributed by atoms with Crippen molar-refractivity contribution in [3.8, 4) is 11.3 Å². The highest BCUT2D eigenvalue weighted by molar-refractivity contribution is 5.61. The van der Waals surface area contributed by atoms with Crippen LogP contribution in [0.3, 0.4) is 0 Å². The van der Waals surface area contributed by atoms with Crippen molar-refractivity contribution in [2.24, 2.45) is 0 Å². The van der Waals surface area contributed by atoms with Gasteiger partial charge in [0.1, 0.15) is 0 Å². The van der Waals surface area contributed by atoms with Crippen LogP contribution in [0.2, 0.25) is 0 Å². The Morgan fingerprint density at radius 3 is 2.65 bits per heavy atom. The van der Waals surface area contributed by atoms with Gasteiger partial charge in [-0.2, -0.15) is 0 Å². The molecule has 0 saturated carbocycles. The summed E-state index contributed by atoms with van der Waals surface area (Å²) in [5.74, 6) is 0. The number of imidazole rings is 1. The molecule has 0 amide bonds. The summed E-state index contributed by atoms with van der Waals surface area (Å²) in [6, 6.07) is 17.1. The molecule has 8 nitrogen and oxygen atoms in total. The smallest absolute Gasteiger partial charge is 0.270 e. The first-order valence-corrected chi connectivity index (χ1v) is 10.5. The van der Waals surface area contributed by atoms with Gasteiger partial charge in [-0.05, 0) is 38.5 Å². The second kappa shape index (κ2) is 9.38. The zero-order valence-electron chi connectivity index (χ0n) is 17.5. The molecule has 8 heteroatoms. The van der Waals surface area contributed by atoms with Crippen LogP contribution in [0.4, 0.5) is 5.69 Å². The topological polar surface area (TPSA) is 87.7 Å². The number of aromatic nitrogens is 2. The van der Waals surface area contributed by atoms with Crippen LogP contribution < -0.4 is 0 Å². The Hall–Kier alpha value is -3.07. The maximum atomic E-state index is 11.0. The summed E-state index contributed by atoms with van der Waals surface area (Å²) in [4.78, 5) is 19.4. The number of hydrogen-bond acceptors (Lipinski definition) is 6. The standard InChI is InChI=1S/C23H27N5O3/c1-25(20-10-12-26(13-11-20)15-18-6-3-2-4-7-18)23(29)27-16-22(24-17-27)19-8-5-9-21(14-19)28(30)31/h2-9,14,16-17,20,23,29H,10-13,15H2,1H3. The second-order valence-corrected chi connectivity index (χ2v) is 8.02. The zero-order valence-corrected chi connectivity index (χ0v) is 17.5. The first-order chi connectivity index (χ1) is 15.0. The summed E-state index contributed by atoms with van der Waals surface area (Å²) >= 11 is 0. The minimum absolute atomic E-state index is 0.0204. The molecular weight excluding hydrogens is 394 g/mol. The van der Waals surface area contributed by atoms with E-state index in [1.807, 2.05) is 18.0 Å². The van der Waals surface area contributed by atoms with Crippen molar-refractivity contribution < 1.29 is 10.0 Å². The third-order valence-electron chi connectivity index (χ3n) is 5.97. The van der Waals surface area contributed by atoms with Gasteiger partial charge in [0, 0.05) is 36.5 Å². The van der Waals surface area contributed by atoms with Gasteiger partial charge in [-0.15, -0.1) is 0 Å². The summed E-state index contributed by atoms with van der Waals surface area (Å²) in [6.07, 6.45) is 4.41. The van der Waals surface area contributed by atoms with Crippen LogP contribution in [0.1, 0.15) is 24.8 Å². The Balaban J connectivity index is 1.36. The molecule has 0 radical (unpaired) electrons. The summed E-state index contributed by atoms with van der Waals surface area (Å²) < 4.78 is 1.64.